The number of amides is 2. The van der Waals surface area contributed by atoms with Crippen molar-refractivity contribution in [2.75, 3.05) is 66.1 Å². The molecule has 0 aliphatic carbocycles. The van der Waals surface area contributed by atoms with Crippen LogP contribution in [0.1, 0.15) is 11.3 Å². The van der Waals surface area contributed by atoms with Gasteiger partial charge in [0.25, 0.3) is 0 Å². The number of thiophene rings is 1. The second-order valence-corrected chi connectivity index (χ2v) is 8.01. The summed E-state index contributed by atoms with van der Waals surface area (Å²) in [5.41, 5.74) is 0. The van der Waals surface area contributed by atoms with E-state index < -0.39 is 0 Å². The second-order valence-electron chi connectivity index (χ2n) is 6.98. The highest BCUT2D eigenvalue weighted by molar-refractivity contribution is 7.09. The Kier molecular flexibility index (Phi) is 7.10. The smallest absolute Gasteiger partial charge is 0.317 e. The number of urea groups is 1. The van der Waals surface area contributed by atoms with E-state index in [0.29, 0.717) is 5.92 Å². The van der Waals surface area contributed by atoms with Crippen LogP contribution in [0.15, 0.2) is 17.5 Å². The van der Waals surface area contributed by atoms with Gasteiger partial charge in [-0.05, 0) is 30.3 Å². The molecule has 0 saturated carbocycles. The summed E-state index contributed by atoms with van der Waals surface area (Å²) >= 11 is 1.80. The van der Waals surface area contributed by atoms with Crippen molar-refractivity contribution in [2.45, 2.75) is 13.0 Å². The summed E-state index contributed by atoms with van der Waals surface area (Å²) in [4.78, 5) is 20.6. The highest BCUT2D eigenvalue weighted by atomic mass is 32.1. The van der Waals surface area contributed by atoms with E-state index >= 15 is 0 Å². The van der Waals surface area contributed by atoms with E-state index in [1.807, 2.05) is 4.90 Å². The first-order chi connectivity index (χ1) is 12.2. The van der Waals surface area contributed by atoms with E-state index in [0.717, 1.165) is 65.5 Å². The molecule has 7 heteroatoms. The predicted molar refractivity (Wildman–Crippen MR) is 101 cm³/mol. The Morgan fingerprint density at radius 3 is 2.84 bits per heavy atom. The van der Waals surface area contributed by atoms with E-state index in [1.165, 1.54) is 11.3 Å². The van der Waals surface area contributed by atoms with Crippen molar-refractivity contribution in [2.24, 2.45) is 5.92 Å². The van der Waals surface area contributed by atoms with E-state index in [2.05, 4.69) is 32.6 Å². The van der Waals surface area contributed by atoms with Crippen LogP contribution < -0.4 is 5.32 Å². The van der Waals surface area contributed by atoms with Crippen LogP contribution in [0.2, 0.25) is 0 Å². The maximum absolute atomic E-state index is 12.4. The standard InChI is InChI=1S/C18H30N4O2S/c1-24-11-10-20-5-4-16(14-20)13-19-18(23)22-8-6-21(7-9-22)15-17-3-2-12-25-17/h2-3,12,16H,4-11,13-15H2,1H3,(H,19,23). The molecule has 0 spiro atoms. The van der Waals surface area contributed by atoms with Crippen LogP contribution in [-0.4, -0.2) is 86.8 Å². The minimum Gasteiger partial charge on any atom is -0.383 e. The molecule has 3 heterocycles. The largest absolute Gasteiger partial charge is 0.383 e. The fourth-order valence-electron chi connectivity index (χ4n) is 3.58. The first-order valence-electron chi connectivity index (χ1n) is 9.23. The molecule has 25 heavy (non-hydrogen) atoms. The number of rotatable bonds is 7. The molecule has 0 aromatic carbocycles. The van der Waals surface area contributed by atoms with E-state index in [1.54, 1.807) is 18.4 Å². The lowest BCUT2D eigenvalue weighted by molar-refractivity contribution is 0.135. The Balaban J connectivity index is 1.32. The highest BCUT2D eigenvalue weighted by Crippen LogP contribution is 2.16. The molecule has 1 aromatic heterocycles. The summed E-state index contributed by atoms with van der Waals surface area (Å²) in [6.45, 7) is 9.32. The van der Waals surface area contributed by atoms with Gasteiger partial charge in [0.1, 0.15) is 0 Å². The fourth-order valence-corrected chi connectivity index (χ4v) is 4.32. The predicted octanol–water partition coefficient (Wildman–Crippen LogP) is 1.54. The first kappa shape index (κ1) is 18.6. The van der Waals surface area contributed by atoms with Crippen molar-refractivity contribution >= 4 is 17.4 Å². The number of likely N-dealkylation sites (tertiary alicyclic amines) is 1. The molecule has 2 aliphatic rings. The van der Waals surface area contributed by atoms with E-state index in [4.69, 9.17) is 4.74 Å². The molecule has 1 unspecified atom stereocenters. The number of nitrogens with zero attached hydrogens (tertiary/aromatic N) is 3. The molecule has 3 rings (SSSR count). The van der Waals surface area contributed by atoms with Crippen LogP contribution in [-0.2, 0) is 11.3 Å². The van der Waals surface area contributed by atoms with Gasteiger partial charge in [0.2, 0.25) is 0 Å². The quantitative estimate of drug-likeness (QED) is 0.795. The molecule has 6 nitrogen and oxygen atoms in total. The maximum Gasteiger partial charge on any atom is 0.317 e. The number of carbonyl (C=O) groups excluding carboxylic acids is 1. The Hall–Kier alpha value is -1.15. The Morgan fingerprint density at radius 2 is 2.12 bits per heavy atom. The molecule has 1 aromatic rings. The van der Waals surface area contributed by atoms with Gasteiger partial charge in [0.05, 0.1) is 6.61 Å². The molecule has 140 valence electrons. The molecule has 1 atom stereocenters. The molecule has 2 fully saturated rings. The van der Waals surface area contributed by atoms with Crippen molar-refractivity contribution in [1.82, 2.24) is 20.0 Å². The zero-order valence-electron chi connectivity index (χ0n) is 15.2. The van der Waals surface area contributed by atoms with Crippen LogP contribution in [0.3, 0.4) is 0 Å². The van der Waals surface area contributed by atoms with E-state index in [-0.39, 0.29) is 6.03 Å². The summed E-state index contributed by atoms with van der Waals surface area (Å²) < 4.78 is 5.14. The van der Waals surface area contributed by atoms with Crippen LogP contribution in [0, 0.1) is 5.92 Å². The number of piperazine rings is 1. The molecule has 0 bridgehead atoms. The van der Waals surface area contributed by atoms with Crippen LogP contribution in [0.25, 0.3) is 0 Å². The summed E-state index contributed by atoms with van der Waals surface area (Å²) in [5.74, 6) is 0.570. The minimum atomic E-state index is 0.103. The summed E-state index contributed by atoms with van der Waals surface area (Å²) in [6.07, 6.45) is 1.17. The highest BCUT2D eigenvalue weighted by Gasteiger charge is 2.25. The van der Waals surface area contributed by atoms with Gasteiger partial charge in [0.15, 0.2) is 0 Å². The zero-order valence-corrected chi connectivity index (χ0v) is 16.0. The molecule has 0 radical (unpaired) electrons. The lowest BCUT2D eigenvalue weighted by atomic mass is 10.1. The number of carbonyl (C=O) groups is 1. The van der Waals surface area contributed by atoms with Gasteiger partial charge in [-0.15, -0.1) is 11.3 Å². The van der Waals surface area contributed by atoms with Crippen molar-refractivity contribution in [3.8, 4) is 0 Å². The van der Waals surface area contributed by atoms with Crippen LogP contribution in [0.4, 0.5) is 4.79 Å². The minimum absolute atomic E-state index is 0.103. The first-order valence-corrected chi connectivity index (χ1v) is 10.1. The van der Waals surface area contributed by atoms with Crippen molar-refractivity contribution in [1.29, 1.82) is 0 Å². The number of hydrogen-bond donors (Lipinski definition) is 1. The lowest BCUT2D eigenvalue weighted by Crippen LogP contribution is -2.52. The molecule has 1 N–H and O–H groups in total. The summed E-state index contributed by atoms with van der Waals surface area (Å²) in [6, 6.07) is 4.39. The van der Waals surface area contributed by atoms with Gasteiger partial charge in [-0.1, -0.05) is 6.07 Å². The van der Waals surface area contributed by atoms with Crippen LogP contribution >= 0.6 is 11.3 Å². The van der Waals surface area contributed by atoms with Gasteiger partial charge < -0.3 is 19.9 Å². The van der Waals surface area contributed by atoms with Crippen LogP contribution in [0.5, 0.6) is 0 Å². The summed E-state index contributed by atoms with van der Waals surface area (Å²) in [7, 11) is 1.74. The van der Waals surface area contributed by atoms with Crippen molar-refractivity contribution in [3.05, 3.63) is 22.4 Å². The normalized spacial score (nSPS) is 22.4. The molecule has 2 saturated heterocycles. The van der Waals surface area contributed by atoms with Gasteiger partial charge in [-0.25, -0.2) is 4.79 Å². The third kappa shape index (κ3) is 5.67. The van der Waals surface area contributed by atoms with Gasteiger partial charge in [-0.3, -0.25) is 4.90 Å². The topological polar surface area (TPSA) is 48.1 Å². The van der Waals surface area contributed by atoms with Gasteiger partial charge >= 0.3 is 6.03 Å². The molecular weight excluding hydrogens is 336 g/mol. The number of hydrogen-bond acceptors (Lipinski definition) is 5. The van der Waals surface area contributed by atoms with E-state index in [9.17, 15) is 4.79 Å². The van der Waals surface area contributed by atoms with Gasteiger partial charge in [-0.2, -0.15) is 0 Å². The number of methoxy groups -OCH3 is 1. The second kappa shape index (κ2) is 9.52. The lowest BCUT2D eigenvalue weighted by Gasteiger charge is -2.34. The summed E-state index contributed by atoms with van der Waals surface area (Å²) in [5, 5.41) is 5.27. The van der Waals surface area contributed by atoms with Gasteiger partial charge in [0, 0.05) is 64.3 Å². The Bertz CT molecular complexity index is 517. The molecule has 2 amide bonds. The third-order valence-electron chi connectivity index (χ3n) is 5.14. The monoisotopic (exact) mass is 366 g/mol. The zero-order chi connectivity index (χ0) is 17.5. The average molecular weight is 367 g/mol. The van der Waals surface area contributed by atoms with Crippen molar-refractivity contribution < 1.29 is 9.53 Å². The fraction of sp³-hybridized carbons (Fsp3) is 0.722. The average Bonchev–Trinajstić information content (AvgIpc) is 3.30. The third-order valence-corrected chi connectivity index (χ3v) is 6.00. The molecular formula is C18H30N4O2S. The van der Waals surface area contributed by atoms with Crippen molar-refractivity contribution in [3.63, 3.8) is 0 Å². The number of ether oxygens (including phenoxy) is 1. The Morgan fingerprint density at radius 1 is 1.28 bits per heavy atom. The molecule has 2 aliphatic heterocycles. The maximum atomic E-state index is 12.4. The SMILES string of the molecule is COCCN1CCC(CNC(=O)N2CCN(Cc3cccs3)CC2)C1. The number of nitrogens with one attached hydrogen (secondary N) is 1. The Labute approximate surface area is 154 Å².